The van der Waals surface area contributed by atoms with Gasteiger partial charge in [-0.2, -0.15) is 0 Å². The van der Waals surface area contributed by atoms with Crippen LogP contribution < -0.4 is 29.6 Å². The van der Waals surface area contributed by atoms with Crippen molar-refractivity contribution in [3.8, 4) is 23.0 Å². The second-order valence-corrected chi connectivity index (χ2v) is 18.2. The molecule has 0 radical (unpaired) electrons. The van der Waals surface area contributed by atoms with E-state index >= 15 is 0 Å². The Morgan fingerprint density at radius 3 is 1.73 bits per heavy atom. The maximum atomic E-state index is 14.7. The van der Waals surface area contributed by atoms with Gasteiger partial charge in [0.15, 0.2) is 23.0 Å². The molecule has 0 spiro atoms. The van der Waals surface area contributed by atoms with Crippen molar-refractivity contribution in [1.82, 2.24) is 25.3 Å². The third kappa shape index (κ3) is 12.8. The Kier molecular flexibility index (Phi) is 17.9. The van der Waals surface area contributed by atoms with E-state index in [0.29, 0.717) is 0 Å². The molecule has 2 fully saturated rings. The first-order valence-corrected chi connectivity index (χ1v) is 22.3. The summed E-state index contributed by atoms with van der Waals surface area (Å²) in [5.74, 6) is -8.00. The summed E-state index contributed by atoms with van der Waals surface area (Å²) in [4.78, 5) is 135. The van der Waals surface area contributed by atoms with Crippen molar-refractivity contribution in [2.75, 3.05) is 55.1 Å². The Hall–Kier alpha value is -7.51. The number of hydrogen-bond acceptors (Lipinski definition) is 19. The van der Waals surface area contributed by atoms with Crippen molar-refractivity contribution in [3.63, 3.8) is 0 Å². The molecule has 2 aliphatic rings. The number of benzene rings is 3. The molecule has 24 nitrogen and oxygen atoms in total. The highest BCUT2D eigenvalue weighted by atomic mass is 35.5. The van der Waals surface area contributed by atoms with Crippen molar-refractivity contribution in [1.29, 1.82) is 0 Å². The van der Waals surface area contributed by atoms with E-state index in [-0.39, 0.29) is 28.6 Å². The summed E-state index contributed by atoms with van der Waals surface area (Å²) in [6.07, 6.45) is -5.40. The van der Waals surface area contributed by atoms with Crippen LogP contribution >= 0.6 is 35.0 Å². The normalized spacial score (nSPS) is 16.6. The van der Waals surface area contributed by atoms with Crippen molar-refractivity contribution < 1.29 is 90.9 Å². The summed E-state index contributed by atoms with van der Waals surface area (Å²) < 4.78 is 37.9. The molecule has 1 unspecified atom stereocenters. The van der Waals surface area contributed by atoms with Crippen molar-refractivity contribution in [3.05, 3.63) is 81.3 Å². The molecule has 2 saturated heterocycles. The summed E-state index contributed by atoms with van der Waals surface area (Å²) in [7, 11) is 5.21. The van der Waals surface area contributed by atoms with E-state index in [2.05, 4.69) is 29.6 Å². The number of β-lactam (4-membered cyclic amide) rings is 1. The van der Waals surface area contributed by atoms with E-state index in [1.807, 2.05) is 0 Å². The molecule has 0 aliphatic carbocycles. The molecule has 5 rings (SSSR count). The Balaban J connectivity index is 1.47. The van der Waals surface area contributed by atoms with E-state index in [1.54, 1.807) is 32.0 Å². The highest BCUT2D eigenvalue weighted by molar-refractivity contribution is 8.01. The zero-order chi connectivity index (χ0) is 52.5. The minimum absolute atomic E-state index is 0.139. The average molecular weight is 1050 g/mol. The second kappa shape index (κ2) is 23.4. The topological polar surface area (TPSA) is 299 Å². The number of nitrogens with zero attached hydrogens (tertiary/aromatic N) is 3. The molecule has 2 aliphatic heterocycles. The predicted molar refractivity (Wildman–Crippen MR) is 246 cm³/mol. The quantitative estimate of drug-likeness (QED) is 0.0716. The monoisotopic (exact) mass is 1050 g/mol. The van der Waals surface area contributed by atoms with Gasteiger partial charge in [0, 0.05) is 47.1 Å². The van der Waals surface area contributed by atoms with E-state index in [4.69, 9.17) is 42.1 Å². The molecule has 3 N–H and O–H groups in total. The number of ether oxygens (including phenoxy) is 8. The summed E-state index contributed by atoms with van der Waals surface area (Å²) >= 11 is 13.8. The number of hydrogen-bond donors (Lipinski definition) is 3. The third-order valence-electron chi connectivity index (χ3n) is 10.5. The fourth-order valence-corrected chi connectivity index (χ4v) is 9.31. The Bertz CT molecular complexity index is 2620. The van der Waals surface area contributed by atoms with Gasteiger partial charge >= 0.3 is 30.6 Å². The minimum Gasteiger partial charge on any atom is -0.480 e. The van der Waals surface area contributed by atoms with Crippen LogP contribution in [0.5, 0.6) is 23.0 Å². The van der Waals surface area contributed by atoms with Crippen LogP contribution in [0.1, 0.15) is 52.6 Å². The van der Waals surface area contributed by atoms with Crippen LogP contribution in [-0.2, 0) is 38.1 Å². The Morgan fingerprint density at radius 2 is 1.24 bits per heavy atom. The molecule has 3 aromatic carbocycles. The Labute approximate surface area is 417 Å². The number of aliphatic carboxylic acids is 1. The predicted octanol–water partition coefficient (Wildman–Crippen LogP) is 4.67. The van der Waals surface area contributed by atoms with E-state index in [9.17, 15) is 53.1 Å². The van der Waals surface area contributed by atoms with E-state index in [1.165, 1.54) is 35.8 Å². The fraction of sp³-hybridized carbons (Fsp3) is 0.364. The van der Waals surface area contributed by atoms with Gasteiger partial charge in [0.2, 0.25) is 17.7 Å². The summed E-state index contributed by atoms with van der Waals surface area (Å²) in [6, 6.07) is 8.22. The van der Waals surface area contributed by atoms with Gasteiger partial charge in [-0.1, -0.05) is 53.5 Å². The minimum atomic E-state index is -1.50. The number of nitrogens with one attached hydrogen (secondary N) is 2. The molecule has 4 atom stereocenters. The number of halogens is 2. The fourth-order valence-electron chi connectivity index (χ4n) is 7.27. The first-order valence-electron chi connectivity index (χ1n) is 20.7. The highest BCUT2D eigenvalue weighted by Gasteiger charge is 2.64. The molecule has 0 bridgehead atoms. The molecule has 380 valence electrons. The first kappa shape index (κ1) is 54.4. The maximum Gasteiger partial charge on any atom is 0.513 e. The molecular weight excluding hydrogens is 1010 g/mol. The number of carboxylic acids is 1. The van der Waals surface area contributed by atoms with E-state index < -0.39 is 136 Å². The molecule has 27 heteroatoms. The maximum absolute atomic E-state index is 14.7. The number of carbonyl (C=O) groups excluding carboxylic acids is 9. The number of carboxylic acid groups (broad SMARTS) is 1. The second-order valence-electron chi connectivity index (χ2n) is 15.6. The van der Waals surface area contributed by atoms with Gasteiger partial charge in [0.1, 0.15) is 23.5 Å². The number of amides is 5. The van der Waals surface area contributed by atoms with Crippen LogP contribution in [0.2, 0.25) is 10.0 Å². The summed E-state index contributed by atoms with van der Waals surface area (Å²) in [5.41, 5.74) is -0.702. The first-order chi connectivity index (χ1) is 33.5. The number of thioether (sulfide) groups is 1. The molecule has 2 heterocycles. The van der Waals surface area contributed by atoms with Crippen LogP contribution in [0, 0.1) is 0 Å². The number of fused-ring (bicyclic) bond motifs is 1. The lowest BCUT2D eigenvalue weighted by atomic mass is 9.95. The van der Waals surface area contributed by atoms with Crippen LogP contribution in [0.3, 0.4) is 0 Å². The zero-order valence-corrected chi connectivity index (χ0v) is 41.0. The lowest BCUT2D eigenvalue weighted by Gasteiger charge is -2.44. The molecule has 0 saturated carbocycles. The number of methoxy groups -OCH3 is 4. The van der Waals surface area contributed by atoms with Gasteiger partial charge in [-0.3, -0.25) is 24.0 Å². The molecule has 3 aromatic rings. The van der Waals surface area contributed by atoms with Crippen LogP contribution in [-0.4, -0.2) is 157 Å². The van der Waals surface area contributed by atoms with E-state index in [0.717, 1.165) is 62.5 Å². The Morgan fingerprint density at radius 1 is 0.746 bits per heavy atom. The lowest BCUT2D eigenvalue weighted by Crippen LogP contribution is -2.71. The zero-order valence-electron chi connectivity index (χ0n) is 38.6. The van der Waals surface area contributed by atoms with Crippen LogP contribution in [0.15, 0.2) is 54.6 Å². The summed E-state index contributed by atoms with van der Waals surface area (Å²) in [6.45, 7) is 1.81. The number of rotatable bonds is 17. The average Bonchev–Trinajstić information content (AvgIpc) is 3.60. The molecule has 5 amide bonds. The highest BCUT2D eigenvalue weighted by Crippen LogP contribution is 2.51. The number of carbonyl (C=O) groups is 10. The largest absolute Gasteiger partial charge is 0.513 e. The smallest absolute Gasteiger partial charge is 0.480 e. The van der Waals surface area contributed by atoms with Crippen LogP contribution in [0.4, 0.5) is 19.2 Å². The van der Waals surface area contributed by atoms with Gasteiger partial charge in [-0.15, -0.1) is 11.8 Å². The SMILES string of the molecule is COC(=O)Oc1cc(Cl)cc(C(=O)N(C)CCCN(CC(=O)NC(C(=O)N[C@@H]2C(=O)N3[C@@H]2SC(C)(C)[C@@H]3C(=O)O)c2ccccc2)C(=O)c2cc(Cl)cc(OC(=O)OC)c2OC(=O)OC)c1OC(=O)OC. The van der Waals surface area contributed by atoms with Gasteiger partial charge < -0.3 is 68.3 Å². The third-order valence-corrected chi connectivity index (χ3v) is 12.5. The lowest BCUT2D eigenvalue weighted by molar-refractivity contribution is -0.161. The van der Waals surface area contributed by atoms with Crippen molar-refractivity contribution in [2.24, 2.45) is 0 Å². The van der Waals surface area contributed by atoms with Crippen LogP contribution in [0.25, 0.3) is 0 Å². The molecule has 0 aromatic heterocycles. The summed E-state index contributed by atoms with van der Waals surface area (Å²) in [5, 5.41) is 14.0. The molecular formula is C44H45Cl2N5O19S. The van der Waals surface area contributed by atoms with Crippen molar-refractivity contribution >= 4 is 95.1 Å². The van der Waals surface area contributed by atoms with Crippen molar-refractivity contribution in [2.45, 2.75) is 48.5 Å². The van der Waals surface area contributed by atoms with Gasteiger partial charge in [-0.05, 0) is 38.0 Å². The standard InChI is InChI=1S/C44H45Cl2N5O19S/c1-44(2)33(39(57)58)51-37(56)30(38(51)71-44)48-34(53)29(21-12-9-8-10-13-21)47-28(52)20-50(36(55)25-17-23(46)19-27(68-41(60)64-5)32(25)70-43(62)66-7)15-11-14-49(3)35(54)24-16-22(45)18-26(67-40(59)63-4)31(24)69-42(61)65-6/h8-10,12-13,16-19,29-30,33,38H,11,14-15,20H2,1-7H3,(H,47,52)(H,48,53)(H,57,58)/t29?,30-,33+,38-/m1/s1. The molecule has 71 heavy (non-hydrogen) atoms. The van der Waals surface area contributed by atoms with Gasteiger partial charge in [0.25, 0.3) is 11.8 Å². The van der Waals surface area contributed by atoms with Gasteiger partial charge in [-0.25, -0.2) is 24.0 Å². The van der Waals surface area contributed by atoms with Gasteiger partial charge in [0.05, 0.1) is 46.1 Å².